The van der Waals surface area contributed by atoms with Gasteiger partial charge in [0.1, 0.15) is 6.54 Å². The summed E-state index contributed by atoms with van der Waals surface area (Å²) in [5.74, 6) is 0.621. The highest BCUT2D eigenvalue weighted by Crippen LogP contribution is 2.10. The Morgan fingerprint density at radius 3 is 2.59 bits per heavy atom. The van der Waals surface area contributed by atoms with Crippen LogP contribution in [0.5, 0.6) is 0 Å². The molecular formula is C21H29N5O. The van der Waals surface area contributed by atoms with Crippen LogP contribution >= 0.6 is 0 Å². The predicted octanol–water partition coefficient (Wildman–Crippen LogP) is 2.40. The van der Waals surface area contributed by atoms with Gasteiger partial charge < -0.3 is 15.5 Å². The van der Waals surface area contributed by atoms with E-state index in [4.69, 9.17) is 0 Å². The van der Waals surface area contributed by atoms with Crippen LogP contribution in [0, 0.1) is 0 Å². The predicted molar refractivity (Wildman–Crippen MR) is 110 cm³/mol. The van der Waals surface area contributed by atoms with Crippen molar-refractivity contribution in [1.29, 1.82) is 0 Å². The third kappa shape index (κ3) is 7.09. The van der Waals surface area contributed by atoms with E-state index in [9.17, 15) is 4.79 Å². The van der Waals surface area contributed by atoms with Crippen LogP contribution in [0.4, 0.5) is 0 Å². The molecular weight excluding hydrogens is 338 g/mol. The van der Waals surface area contributed by atoms with Gasteiger partial charge in [0.15, 0.2) is 5.96 Å². The van der Waals surface area contributed by atoms with Crippen LogP contribution in [-0.4, -0.2) is 48.4 Å². The van der Waals surface area contributed by atoms with Crippen molar-refractivity contribution in [1.82, 2.24) is 20.5 Å². The first-order valence-electron chi connectivity index (χ1n) is 9.33. The average molecular weight is 367 g/mol. The number of hydrogen-bond acceptors (Lipinski definition) is 3. The van der Waals surface area contributed by atoms with Crippen LogP contribution in [0.25, 0.3) is 0 Å². The van der Waals surface area contributed by atoms with E-state index in [1.54, 1.807) is 18.1 Å². The zero-order valence-corrected chi connectivity index (χ0v) is 16.4. The van der Waals surface area contributed by atoms with E-state index in [0.717, 1.165) is 18.7 Å². The molecule has 1 aromatic carbocycles. The number of hydrogen-bond donors (Lipinski definition) is 2. The highest BCUT2D eigenvalue weighted by Gasteiger charge is 2.11. The zero-order chi connectivity index (χ0) is 19.5. The van der Waals surface area contributed by atoms with Crippen molar-refractivity contribution in [3.8, 4) is 0 Å². The number of likely N-dealkylation sites (N-methyl/N-ethyl adjacent to an activating group) is 1. The molecule has 6 nitrogen and oxygen atoms in total. The summed E-state index contributed by atoms with van der Waals surface area (Å²) in [6.07, 6.45) is 2.50. The Bertz CT molecular complexity index is 718. The number of carbonyl (C=O) groups is 1. The smallest absolute Gasteiger partial charge is 0.244 e. The molecule has 2 rings (SSSR count). The van der Waals surface area contributed by atoms with Crippen molar-refractivity contribution in [2.75, 3.05) is 26.7 Å². The summed E-state index contributed by atoms with van der Waals surface area (Å²) in [7, 11) is 1.80. The lowest BCUT2D eigenvalue weighted by molar-refractivity contribution is -0.128. The van der Waals surface area contributed by atoms with E-state index in [-0.39, 0.29) is 18.5 Å². The molecule has 0 aliphatic carbocycles. The summed E-state index contributed by atoms with van der Waals surface area (Å²) in [6, 6.07) is 16.1. The lowest BCUT2D eigenvalue weighted by Crippen LogP contribution is -2.40. The molecule has 1 unspecified atom stereocenters. The molecule has 0 aliphatic heterocycles. The fraction of sp³-hybridized carbons (Fsp3) is 0.381. The molecule has 0 bridgehead atoms. The molecule has 0 radical (unpaired) electrons. The molecule has 2 aromatic rings. The summed E-state index contributed by atoms with van der Waals surface area (Å²) >= 11 is 0. The fourth-order valence-corrected chi connectivity index (χ4v) is 2.57. The van der Waals surface area contributed by atoms with E-state index >= 15 is 0 Å². The zero-order valence-electron chi connectivity index (χ0n) is 16.4. The maximum atomic E-state index is 12.4. The van der Waals surface area contributed by atoms with Crippen LogP contribution < -0.4 is 10.6 Å². The lowest BCUT2D eigenvalue weighted by atomic mass is 10.1. The largest absolute Gasteiger partial charge is 0.357 e. The van der Waals surface area contributed by atoms with E-state index in [0.29, 0.717) is 12.5 Å². The molecule has 6 heteroatoms. The quantitative estimate of drug-likeness (QED) is 0.555. The Balaban J connectivity index is 1.87. The standard InChI is InChI=1S/C21H29N5O/c1-4-22-21(25-17(2)18-10-6-5-7-11-18)24-16-20(27)26(3)15-13-19-12-8-9-14-23-19/h5-12,14,17H,4,13,15-16H2,1-3H3,(H2,22,24,25). The Hall–Kier alpha value is -2.89. The Labute approximate surface area is 161 Å². The third-order valence-corrected chi connectivity index (χ3v) is 4.22. The maximum Gasteiger partial charge on any atom is 0.244 e. The number of aromatic nitrogens is 1. The lowest BCUT2D eigenvalue weighted by Gasteiger charge is -2.19. The van der Waals surface area contributed by atoms with Gasteiger partial charge in [0.2, 0.25) is 5.91 Å². The number of guanidine groups is 1. The summed E-state index contributed by atoms with van der Waals surface area (Å²) in [5, 5.41) is 6.54. The molecule has 1 heterocycles. The van der Waals surface area contributed by atoms with Crippen molar-refractivity contribution in [3.05, 3.63) is 66.0 Å². The minimum atomic E-state index is -0.0181. The molecule has 0 aliphatic rings. The second-order valence-electron chi connectivity index (χ2n) is 6.36. The van der Waals surface area contributed by atoms with Crippen LogP contribution in [0.15, 0.2) is 59.7 Å². The number of benzene rings is 1. The van der Waals surface area contributed by atoms with Crippen molar-refractivity contribution < 1.29 is 4.79 Å². The van der Waals surface area contributed by atoms with Gasteiger partial charge in [-0.05, 0) is 31.5 Å². The molecule has 2 N–H and O–H groups in total. The van der Waals surface area contributed by atoms with E-state index in [1.807, 2.05) is 43.3 Å². The highest BCUT2D eigenvalue weighted by molar-refractivity contribution is 5.85. The second kappa shape index (κ2) is 11.0. The molecule has 0 saturated heterocycles. The molecule has 27 heavy (non-hydrogen) atoms. The van der Waals surface area contributed by atoms with Crippen LogP contribution in [0.1, 0.15) is 31.1 Å². The molecule has 1 atom stereocenters. The Morgan fingerprint density at radius 1 is 1.19 bits per heavy atom. The number of pyridine rings is 1. The number of amides is 1. The third-order valence-electron chi connectivity index (χ3n) is 4.22. The van der Waals surface area contributed by atoms with Gasteiger partial charge in [-0.15, -0.1) is 0 Å². The van der Waals surface area contributed by atoms with Gasteiger partial charge in [0.25, 0.3) is 0 Å². The summed E-state index contributed by atoms with van der Waals surface area (Å²) in [6.45, 7) is 5.54. The van der Waals surface area contributed by atoms with Crippen molar-refractivity contribution >= 4 is 11.9 Å². The van der Waals surface area contributed by atoms with Crippen LogP contribution in [-0.2, 0) is 11.2 Å². The average Bonchev–Trinajstić information content (AvgIpc) is 2.71. The minimum Gasteiger partial charge on any atom is -0.357 e. The van der Waals surface area contributed by atoms with Gasteiger partial charge in [0.05, 0.1) is 6.04 Å². The topological polar surface area (TPSA) is 69.6 Å². The van der Waals surface area contributed by atoms with Crippen molar-refractivity contribution in [2.45, 2.75) is 26.3 Å². The molecule has 1 aromatic heterocycles. The fourth-order valence-electron chi connectivity index (χ4n) is 2.57. The van der Waals surface area contributed by atoms with Gasteiger partial charge in [-0.25, -0.2) is 4.99 Å². The van der Waals surface area contributed by atoms with Gasteiger partial charge in [0, 0.05) is 38.4 Å². The molecule has 1 amide bonds. The van der Waals surface area contributed by atoms with Gasteiger partial charge in [-0.1, -0.05) is 36.4 Å². The highest BCUT2D eigenvalue weighted by atomic mass is 16.2. The number of carbonyl (C=O) groups excluding carboxylic acids is 1. The summed E-state index contributed by atoms with van der Waals surface area (Å²) in [4.78, 5) is 22.8. The first kappa shape index (κ1) is 20.4. The minimum absolute atomic E-state index is 0.0181. The SMILES string of the molecule is CCNC(=NCC(=O)N(C)CCc1ccccn1)NC(C)c1ccccc1. The Morgan fingerprint density at radius 2 is 1.93 bits per heavy atom. The van der Waals surface area contributed by atoms with E-state index < -0.39 is 0 Å². The second-order valence-corrected chi connectivity index (χ2v) is 6.36. The van der Waals surface area contributed by atoms with Crippen LogP contribution in [0.3, 0.4) is 0 Å². The van der Waals surface area contributed by atoms with Crippen LogP contribution in [0.2, 0.25) is 0 Å². The molecule has 0 saturated carbocycles. The molecule has 144 valence electrons. The number of rotatable bonds is 8. The number of nitrogens with one attached hydrogen (secondary N) is 2. The van der Waals surface area contributed by atoms with Gasteiger partial charge >= 0.3 is 0 Å². The monoisotopic (exact) mass is 367 g/mol. The first-order valence-corrected chi connectivity index (χ1v) is 9.33. The summed E-state index contributed by atoms with van der Waals surface area (Å²) in [5.41, 5.74) is 2.15. The first-order chi connectivity index (χ1) is 13.1. The normalized spacial score (nSPS) is 12.3. The van der Waals surface area contributed by atoms with Crippen molar-refractivity contribution in [3.63, 3.8) is 0 Å². The van der Waals surface area contributed by atoms with Gasteiger partial charge in [-0.3, -0.25) is 9.78 Å². The molecule has 0 spiro atoms. The number of aliphatic imine (C=N–C) groups is 1. The number of nitrogens with zero attached hydrogens (tertiary/aromatic N) is 3. The molecule has 0 fully saturated rings. The van der Waals surface area contributed by atoms with Gasteiger partial charge in [-0.2, -0.15) is 0 Å². The van der Waals surface area contributed by atoms with E-state index in [1.165, 1.54) is 5.56 Å². The van der Waals surface area contributed by atoms with E-state index in [2.05, 4.69) is 39.7 Å². The van der Waals surface area contributed by atoms with Crippen molar-refractivity contribution in [2.24, 2.45) is 4.99 Å². The maximum absolute atomic E-state index is 12.4. The summed E-state index contributed by atoms with van der Waals surface area (Å²) < 4.78 is 0. The Kier molecular flexibility index (Phi) is 8.29.